The molecule has 0 fully saturated rings. The first-order chi connectivity index (χ1) is 8.19. The first kappa shape index (κ1) is 11.8. The van der Waals surface area contributed by atoms with Crippen LogP contribution in [-0.4, -0.2) is 9.97 Å². The highest BCUT2D eigenvalue weighted by molar-refractivity contribution is 6.30. The number of halogens is 1. The summed E-state index contributed by atoms with van der Waals surface area (Å²) in [6.07, 6.45) is 4.86. The minimum Gasteiger partial charge on any atom is -0.455 e. The van der Waals surface area contributed by atoms with E-state index in [1.54, 1.807) is 24.7 Å². The van der Waals surface area contributed by atoms with Gasteiger partial charge in [-0.05, 0) is 6.92 Å². The Hall–Kier alpha value is -1.65. The summed E-state index contributed by atoms with van der Waals surface area (Å²) >= 11 is 5.84. The van der Waals surface area contributed by atoms with Gasteiger partial charge in [0.05, 0.1) is 11.2 Å². The second kappa shape index (κ2) is 5.12. The lowest BCUT2D eigenvalue weighted by Gasteiger charge is -2.10. The third-order valence-corrected chi connectivity index (χ3v) is 2.41. The van der Waals surface area contributed by atoms with E-state index in [1.165, 1.54) is 0 Å². The normalized spacial score (nSPS) is 10.3. The van der Waals surface area contributed by atoms with Crippen LogP contribution in [0.3, 0.4) is 0 Å². The summed E-state index contributed by atoms with van der Waals surface area (Å²) in [7, 11) is 0. The third-order valence-electron chi connectivity index (χ3n) is 2.21. The van der Waals surface area contributed by atoms with E-state index in [-0.39, 0.29) is 0 Å². The Morgan fingerprint density at radius 3 is 2.82 bits per heavy atom. The van der Waals surface area contributed by atoms with Crippen molar-refractivity contribution in [1.82, 2.24) is 9.97 Å². The molecule has 2 aromatic heterocycles. The van der Waals surface area contributed by atoms with Crippen molar-refractivity contribution in [1.29, 1.82) is 0 Å². The average Bonchev–Trinajstić information content (AvgIpc) is 2.29. The van der Waals surface area contributed by atoms with Gasteiger partial charge in [-0.2, -0.15) is 0 Å². The number of nitrogens with two attached hydrogens (primary N) is 1. The fourth-order valence-electron chi connectivity index (χ4n) is 1.39. The number of hydrogen-bond donors (Lipinski definition) is 1. The van der Waals surface area contributed by atoms with Crippen LogP contribution in [-0.2, 0) is 6.54 Å². The molecule has 0 atom stereocenters. The number of aromatic nitrogens is 2. The van der Waals surface area contributed by atoms with Gasteiger partial charge in [-0.25, -0.2) is 0 Å². The smallest absolute Gasteiger partial charge is 0.147 e. The minimum atomic E-state index is 0.372. The van der Waals surface area contributed by atoms with Crippen molar-refractivity contribution in [3.8, 4) is 11.5 Å². The third kappa shape index (κ3) is 2.93. The number of hydrogen-bond acceptors (Lipinski definition) is 4. The van der Waals surface area contributed by atoms with Gasteiger partial charge in [-0.15, -0.1) is 0 Å². The maximum Gasteiger partial charge on any atom is 0.147 e. The van der Waals surface area contributed by atoms with E-state index in [0.29, 0.717) is 23.1 Å². The summed E-state index contributed by atoms with van der Waals surface area (Å²) in [6, 6.07) is 3.54. The van der Waals surface area contributed by atoms with Gasteiger partial charge in [0.1, 0.15) is 11.5 Å². The van der Waals surface area contributed by atoms with Crippen LogP contribution >= 0.6 is 11.6 Å². The van der Waals surface area contributed by atoms with Gasteiger partial charge in [0.2, 0.25) is 0 Å². The van der Waals surface area contributed by atoms with Gasteiger partial charge >= 0.3 is 0 Å². The lowest BCUT2D eigenvalue weighted by molar-refractivity contribution is 0.472. The summed E-state index contributed by atoms with van der Waals surface area (Å²) in [5.74, 6) is 1.27. The molecule has 17 heavy (non-hydrogen) atoms. The Bertz CT molecular complexity index is 531. The van der Waals surface area contributed by atoms with Gasteiger partial charge in [-0.1, -0.05) is 11.6 Å². The van der Waals surface area contributed by atoms with Crippen molar-refractivity contribution < 1.29 is 4.74 Å². The fourth-order valence-corrected chi connectivity index (χ4v) is 1.55. The molecule has 0 aliphatic carbocycles. The quantitative estimate of drug-likeness (QED) is 0.909. The molecule has 88 valence electrons. The standard InChI is InChI=1S/C12H12ClN3O/c1-8-2-12(9(4-14)5-16-8)17-11-3-10(13)6-15-7-11/h2-3,5-7H,4,14H2,1H3. The van der Waals surface area contributed by atoms with Crippen molar-refractivity contribution in [2.45, 2.75) is 13.5 Å². The molecule has 0 spiro atoms. The average molecular weight is 250 g/mol. The summed E-state index contributed by atoms with van der Waals surface area (Å²) in [4.78, 5) is 8.12. The van der Waals surface area contributed by atoms with E-state index in [1.807, 2.05) is 13.0 Å². The summed E-state index contributed by atoms with van der Waals surface area (Å²) in [5.41, 5.74) is 7.33. The molecule has 4 nitrogen and oxygen atoms in total. The van der Waals surface area contributed by atoms with Crippen molar-refractivity contribution in [2.75, 3.05) is 0 Å². The van der Waals surface area contributed by atoms with Gasteiger partial charge in [0.15, 0.2) is 0 Å². The molecule has 2 N–H and O–H groups in total. The number of rotatable bonds is 3. The number of aryl methyl sites for hydroxylation is 1. The monoisotopic (exact) mass is 249 g/mol. The van der Waals surface area contributed by atoms with Crippen LogP contribution < -0.4 is 10.5 Å². The molecule has 0 unspecified atom stereocenters. The van der Waals surface area contributed by atoms with Crippen molar-refractivity contribution in [2.24, 2.45) is 5.73 Å². The zero-order chi connectivity index (χ0) is 12.3. The SMILES string of the molecule is Cc1cc(Oc2cncc(Cl)c2)c(CN)cn1. The lowest BCUT2D eigenvalue weighted by atomic mass is 10.2. The largest absolute Gasteiger partial charge is 0.455 e. The Labute approximate surface area is 104 Å². The van der Waals surface area contributed by atoms with Gasteiger partial charge in [0, 0.05) is 42.3 Å². The molecule has 0 saturated carbocycles. The lowest BCUT2D eigenvalue weighted by Crippen LogP contribution is -2.01. The molecule has 2 aromatic rings. The van der Waals surface area contributed by atoms with Crippen molar-refractivity contribution >= 4 is 11.6 Å². The van der Waals surface area contributed by atoms with E-state index in [4.69, 9.17) is 22.1 Å². The Morgan fingerprint density at radius 1 is 1.29 bits per heavy atom. The van der Waals surface area contributed by atoms with E-state index in [0.717, 1.165) is 11.3 Å². The predicted octanol–water partition coefficient (Wildman–Crippen LogP) is 2.69. The van der Waals surface area contributed by atoms with Crippen LogP contribution in [0.5, 0.6) is 11.5 Å². The van der Waals surface area contributed by atoms with Crippen LogP contribution in [0.1, 0.15) is 11.3 Å². The molecule has 0 aliphatic heterocycles. The number of nitrogens with zero attached hydrogens (tertiary/aromatic N) is 2. The van der Waals surface area contributed by atoms with Crippen LogP contribution in [0.25, 0.3) is 0 Å². The second-order valence-corrected chi connectivity index (χ2v) is 4.01. The number of pyridine rings is 2. The van der Waals surface area contributed by atoms with Crippen LogP contribution in [0.2, 0.25) is 5.02 Å². The molecular formula is C12H12ClN3O. The molecule has 0 saturated heterocycles. The van der Waals surface area contributed by atoms with Gasteiger partial charge < -0.3 is 10.5 Å². The molecular weight excluding hydrogens is 238 g/mol. The van der Waals surface area contributed by atoms with E-state index in [2.05, 4.69) is 9.97 Å². The highest BCUT2D eigenvalue weighted by Crippen LogP contribution is 2.26. The number of ether oxygens (including phenoxy) is 1. The molecule has 2 rings (SSSR count). The summed E-state index contributed by atoms with van der Waals surface area (Å²) in [5, 5.41) is 0.530. The van der Waals surface area contributed by atoms with E-state index >= 15 is 0 Å². The molecule has 0 amide bonds. The molecule has 0 radical (unpaired) electrons. The maximum atomic E-state index is 5.84. The van der Waals surface area contributed by atoms with E-state index in [9.17, 15) is 0 Å². The zero-order valence-corrected chi connectivity index (χ0v) is 10.1. The van der Waals surface area contributed by atoms with Crippen LogP contribution in [0, 0.1) is 6.92 Å². The van der Waals surface area contributed by atoms with Gasteiger partial charge in [0.25, 0.3) is 0 Å². The minimum absolute atomic E-state index is 0.372. The molecule has 5 heteroatoms. The van der Waals surface area contributed by atoms with Crippen LogP contribution in [0.15, 0.2) is 30.7 Å². The van der Waals surface area contributed by atoms with Gasteiger partial charge in [-0.3, -0.25) is 9.97 Å². The molecule has 0 aliphatic rings. The Morgan fingerprint density at radius 2 is 2.12 bits per heavy atom. The van der Waals surface area contributed by atoms with Crippen molar-refractivity contribution in [3.63, 3.8) is 0 Å². The zero-order valence-electron chi connectivity index (χ0n) is 9.35. The second-order valence-electron chi connectivity index (χ2n) is 3.58. The highest BCUT2D eigenvalue weighted by atomic mass is 35.5. The molecule has 0 bridgehead atoms. The Kier molecular flexibility index (Phi) is 3.56. The van der Waals surface area contributed by atoms with Crippen LogP contribution in [0.4, 0.5) is 0 Å². The highest BCUT2D eigenvalue weighted by Gasteiger charge is 2.05. The summed E-state index contributed by atoms with van der Waals surface area (Å²) in [6.45, 7) is 2.26. The Balaban J connectivity index is 2.32. The molecule has 2 heterocycles. The van der Waals surface area contributed by atoms with E-state index < -0.39 is 0 Å². The molecule has 0 aromatic carbocycles. The predicted molar refractivity (Wildman–Crippen MR) is 66.2 cm³/mol. The summed E-state index contributed by atoms with van der Waals surface area (Å²) < 4.78 is 5.70. The first-order valence-electron chi connectivity index (χ1n) is 5.13. The first-order valence-corrected chi connectivity index (χ1v) is 5.51. The van der Waals surface area contributed by atoms with Crippen molar-refractivity contribution in [3.05, 3.63) is 47.0 Å². The topological polar surface area (TPSA) is 61.0 Å². The fraction of sp³-hybridized carbons (Fsp3) is 0.167. The maximum absolute atomic E-state index is 5.84.